The quantitative estimate of drug-likeness (QED) is 0.723. The predicted octanol–water partition coefficient (Wildman–Crippen LogP) is 3.21. The maximum absolute atomic E-state index is 11.1. The minimum Gasteiger partial charge on any atom is -0.468 e. The van der Waals surface area contributed by atoms with Crippen LogP contribution in [-0.2, 0) is 9.53 Å². The summed E-state index contributed by atoms with van der Waals surface area (Å²) in [6.07, 6.45) is 2.80. The number of thioether (sulfide) groups is 1. The first-order chi connectivity index (χ1) is 7.96. The average molecular weight is 256 g/mol. The molecule has 3 aliphatic rings. The van der Waals surface area contributed by atoms with Gasteiger partial charge < -0.3 is 4.74 Å². The van der Waals surface area contributed by atoms with Gasteiger partial charge in [-0.1, -0.05) is 20.8 Å². The molecule has 0 spiro atoms. The van der Waals surface area contributed by atoms with Gasteiger partial charge >= 0.3 is 5.97 Å². The lowest BCUT2D eigenvalue weighted by molar-refractivity contribution is -0.137. The van der Waals surface area contributed by atoms with E-state index in [1.165, 1.54) is 20.0 Å². The molecular formula is C14H24O2S. The third-order valence-electron chi connectivity index (χ3n) is 5.21. The fraction of sp³-hybridized carbons (Fsp3) is 0.929. The Hall–Kier alpha value is -0.180. The molecule has 0 aromatic carbocycles. The van der Waals surface area contributed by atoms with Crippen molar-refractivity contribution in [2.24, 2.45) is 29.1 Å². The topological polar surface area (TPSA) is 26.3 Å². The average Bonchev–Trinajstić information content (AvgIpc) is 2.30. The van der Waals surface area contributed by atoms with Gasteiger partial charge in [-0.25, -0.2) is 0 Å². The SMILES string of the molecule is COC(=O)CSC[C@@H]1[C@@H](C)C[C@H]2C[C@@H]1C2(C)C. The van der Waals surface area contributed by atoms with Crippen molar-refractivity contribution < 1.29 is 9.53 Å². The number of hydrogen-bond acceptors (Lipinski definition) is 3. The molecule has 2 bridgehead atoms. The molecule has 3 saturated carbocycles. The smallest absolute Gasteiger partial charge is 0.315 e. The summed E-state index contributed by atoms with van der Waals surface area (Å²) in [5.41, 5.74) is 0.545. The molecule has 0 aliphatic heterocycles. The van der Waals surface area contributed by atoms with Gasteiger partial charge in [0.2, 0.25) is 0 Å². The molecule has 98 valence electrons. The fourth-order valence-corrected chi connectivity index (χ4v) is 5.06. The van der Waals surface area contributed by atoms with Gasteiger partial charge in [0.15, 0.2) is 0 Å². The van der Waals surface area contributed by atoms with Gasteiger partial charge in [0, 0.05) is 0 Å². The molecule has 3 aliphatic carbocycles. The first-order valence-corrected chi connectivity index (χ1v) is 7.76. The van der Waals surface area contributed by atoms with E-state index in [-0.39, 0.29) is 5.97 Å². The lowest BCUT2D eigenvalue weighted by Gasteiger charge is -2.62. The molecule has 17 heavy (non-hydrogen) atoms. The largest absolute Gasteiger partial charge is 0.468 e. The Labute approximate surface area is 109 Å². The van der Waals surface area contributed by atoms with Crippen molar-refractivity contribution >= 4 is 17.7 Å². The van der Waals surface area contributed by atoms with Crippen LogP contribution in [0, 0.1) is 29.1 Å². The minimum atomic E-state index is -0.0933. The fourth-order valence-electron chi connectivity index (χ4n) is 3.82. The zero-order chi connectivity index (χ0) is 12.6. The summed E-state index contributed by atoms with van der Waals surface area (Å²) in [6.45, 7) is 7.24. The van der Waals surface area contributed by atoms with Crippen molar-refractivity contribution in [3.8, 4) is 0 Å². The Morgan fingerprint density at radius 3 is 2.71 bits per heavy atom. The first kappa shape index (κ1) is 13.3. The Morgan fingerprint density at radius 2 is 2.12 bits per heavy atom. The number of esters is 1. The number of carbonyl (C=O) groups excluding carboxylic acids is 1. The van der Waals surface area contributed by atoms with Crippen LogP contribution in [0.5, 0.6) is 0 Å². The second-order valence-electron chi connectivity index (χ2n) is 6.33. The summed E-state index contributed by atoms with van der Waals surface area (Å²) in [5, 5.41) is 0. The van der Waals surface area contributed by atoms with Gasteiger partial charge in [-0.05, 0) is 47.7 Å². The van der Waals surface area contributed by atoms with Crippen LogP contribution >= 0.6 is 11.8 Å². The second-order valence-corrected chi connectivity index (χ2v) is 7.36. The van der Waals surface area contributed by atoms with Crippen LogP contribution in [0.4, 0.5) is 0 Å². The molecule has 2 nitrogen and oxygen atoms in total. The zero-order valence-corrected chi connectivity index (χ0v) is 12.2. The lowest BCUT2D eigenvalue weighted by Crippen LogP contribution is -2.55. The van der Waals surface area contributed by atoms with Crippen LogP contribution < -0.4 is 0 Å². The predicted molar refractivity (Wildman–Crippen MR) is 72.0 cm³/mol. The number of ether oxygens (including phenoxy) is 1. The van der Waals surface area contributed by atoms with E-state index in [2.05, 4.69) is 25.5 Å². The van der Waals surface area contributed by atoms with Crippen molar-refractivity contribution in [3.63, 3.8) is 0 Å². The van der Waals surface area contributed by atoms with Crippen molar-refractivity contribution in [2.75, 3.05) is 18.6 Å². The number of hydrogen-bond donors (Lipinski definition) is 0. The monoisotopic (exact) mass is 256 g/mol. The van der Waals surface area contributed by atoms with Gasteiger partial charge in [0.1, 0.15) is 0 Å². The molecule has 4 atom stereocenters. The summed E-state index contributed by atoms with van der Waals surface area (Å²) < 4.78 is 4.68. The zero-order valence-electron chi connectivity index (χ0n) is 11.4. The Morgan fingerprint density at radius 1 is 1.41 bits per heavy atom. The molecule has 3 rings (SSSR count). The van der Waals surface area contributed by atoms with E-state index in [1.54, 1.807) is 11.8 Å². The summed E-state index contributed by atoms with van der Waals surface area (Å²) >= 11 is 1.75. The lowest BCUT2D eigenvalue weighted by atomic mass is 9.44. The van der Waals surface area contributed by atoms with Crippen molar-refractivity contribution in [2.45, 2.75) is 33.6 Å². The van der Waals surface area contributed by atoms with Crippen LogP contribution in [0.2, 0.25) is 0 Å². The molecule has 0 saturated heterocycles. The van der Waals surface area contributed by atoms with Gasteiger partial charge in [0.25, 0.3) is 0 Å². The maximum Gasteiger partial charge on any atom is 0.315 e. The van der Waals surface area contributed by atoms with Crippen LogP contribution in [-0.4, -0.2) is 24.6 Å². The molecule has 0 amide bonds. The Kier molecular flexibility index (Phi) is 3.77. The molecule has 0 aromatic heterocycles. The van der Waals surface area contributed by atoms with Gasteiger partial charge in [-0.15, -0.1) is 11.8 Å². The number of carbonyl (C=O) groups is 1. The van der Waals surface area contributed by atoms with Crippen molar-refractivity contribution in [1.82, 2.24) is 0 Å². The molecular weight excluding hydrogens is 232 g/mol. The van der Waals surface area contributed by atoms with Crippen LogP contribution in [0.15, 0.2) is 0 Å². The summed E-state index contributed by atoms with van der Waals surface area (Å²) in [6, 6.07) is 0. The molecule has 3 heteroatoms. The van der Waals surface area contributed by atoms with E-state index in [9.17, 15) is 4.79 Å². The van der Waals surface area contributed by atoms with Crippen molar-refractivity contribution in [3.05, 3.63) is 0 Å². The third kappa shape index (κ3) is 2.35. The summed E-state index contributed by atoms with van der Waals surface area (Å²) in [4.78, 5) is 11.1. The third-order valence-corrected chi connectivity index (χ3v) is 6.27. The highest BCUT2D eigenvalue weighted by molar-refractivity contribution is 7.99. The normalized spacial score (nSPS) is 38.4. The highest BCUT2D eigenvalue weighted by Crippen LogP contribution is 2.63. The Bertz CT molecular complexity index is 301. The van der Waals surface area contributed by atoms with E-state index in [0.717, 1.165) is 29.4 Å². The second kappa shape index (κ2) is 4.83. The molecule has 0 heterocycles. The summed E-state index contributed by atoms with van der Waals surface area (Å²) in [7, 11) is 1.46. The Balaban J connectivity index is 1.85. The van der Waals surface area contributed by atoms with E-state index < -0.39 is 0 Å². The first-order valence-electron chi connectivity index (χ1n) is 6.61. The molecule has 0 radical (unpaired) electrons. The van der Waals surface area contributed by atoms with E-state index in [1.807, 2.05) is 0 Å². The highest BCUT2D eigenvalue weighted by Gasteiger charge is 2.56. The number of rotatable bonds is 4. The van der Waals surface area contributed by atoms with Gasteiger partial charge in [0.05, 0.1) is 12.9 Å². The molecule has 0 aromatic rings. The maximum atomic E-state index is 11.1. The highest BCUT2D eigenvalue weighted by atomic mass is 32.2. The molecule has 3 fully saturated rings. The van der Waals surface area contributed by atoms with Crippen LogP contribution in [0.1, 0.15) is 33.6 Å². The van der Waals surface area contributed by atoms with E-state index >= 15 is 0 Å². The molecule has 0 N–H and O–H groups in total. The van der Waals surface area contributed by atoms with Crippen molar-refractivity contribution in [1.29, 1.82) is 0 Å². The van der Waals surface area contributed by atoms with Crippen LogP contribution in [0.3, 0.4) is 0 Å². The number of methoxy groups -OCH3 is 1. The minimum absolute atomic E-state index is 0.0933. The summed E-state index contributed by atoms with van der Waals surface area (Å²) in [5.74, 6) is 4.99. The molecule has 0 unspecified atom stereocenters. The van der Waals surface area contributed by atoms with Gasteiger partial charge in [-0.2, -0.15) is 0 Å². The standard InChI is InChI=1S/C14H24O2S/c1-9-5-10-6-12(14(10,2)3)11(9)7-17-8-13(15)16-4/h9-12H,5-8H2,1-4H3/t9-,10-,11+,12-/m0/s1. The van der Waals surface area contributed by atoms with Crippen LogP contribution in [0.25, 0.3) is 0 Å². The van der Waals surface area contributed by atoms with Gasteiger partial charge in [-0.3, -0.25) is 4.79 Å². The van der Waals surface area contributed by atoms with E-state index in [0.29, 0.717) is 11.2 Å². The number of fused-ring (bicyclic) bond motifs is 2. The van der Waals surface area contributed by atoms with E-state index in [4.69, 9.17) is 0 Å².